The Morgan fingerprint density at radius 2 is 1.55 bits per heavy atom. The highest BCUT2D eigenvalue weighted by atomic mass is 32.2. The maximum atomic E-state index is 13.0. The number of alkyl carbamates (subject to hydrolysis) is 1. The van der Waals surface area contributed by atoms with E-state index in [0.29, 0.717) is 31.5 Å². The van der Waals surface area contributed by atoms with E-state index in [0.717, 1.165) is 32.4 Å². The molecule has 2 saturated heterocycles. The van der Waals surface area contributed by atoms with E-state index in [2.05, 4.69) is 5.32 Å². The standard InChI is InChI=1S/C22H33N3O5S/c1-22(2,3)30-21(27)23-18-11-15-25(16-12-18)31(28,29)19-9-7-17(8-10-19)20(26)24-13-5-4-6-14-24/h7-10,18H,4-6,11-16H2,1-3H3,(H,23,27). The van der Waals surface area contributed by atoms with Crippen molar-refractivity contribution in [3.63, 3.8) is 0 Å². The van der Waals surface area contributed by atoms with Crippen LogP contribution in [0.2, 0.25) is 0 Å². The minimum absolute atomic E-state index is 0.0438. The number of nitrogens with one attached hydrogen (secondary N) is 1. The molecule has 2 fully saturated rings. The first-order valence-corrected chi connectivity index (χ1v) is 12.4. The lowest BCUT2D eigenvalue weighted by atomic mass is 10.1. The molecule has 3 rings (SSSR count). The molecular weight excluding hydrogens is 418 g/mol. The number of likely N-dealkylation sites (tertiary alicyclic amines) is 1. The average molecular weight is 452 g/mol. The average Bonchev–Trinajstić information content (AvgIpc) is 2.73. The van der Waals surface area contributed by atoms with Gasteiger partial charge in [0.2, 0.25) is 10.0 Å². The van der Waals surface area contributed by atoms with Crippen LogP contribution in [0.15, 0.2) is 29.2 Å². The van der Waals surface area contributed by atoms with Crippen LogP contribution in [0.5, 0.6) is 0 Å². The summed E-state index contributed by atoms with van der Waals surface area (Å²) in [5.74, 6) is -0.0438. The number of hydrogen-bond donors (Lipinski definition) is 1. The molecule has 2 heterocycles. The second kappa shape index (κ2) is 9.56. The molecule has 1 aromatic rings. The van der Waals surface area contributed by atoms with Crippen molar-refractivity contribution < 1.29 is 22.7 Å². The van der Waals surface area contributed by atoms with Crippen molar-refractivity contribution in [2.75, 3.05) is 26.2 Å². The van der Waals surface area contributed by atoms with Gasteiger partial charge in [0, 0.05) is 37.8 Å². The van der Waals surface area contributed by atoms with Crippen LogP contribution < -0.4 is 5.32 Å². The number of carbonyl (C=O) groups excluding carboxylic acids is 2. The van der Waals surface area contributed by atoms with Gasteiger partial charge in [0.15, 0.2) is 0 Å². The Bertz CT molecular complexity index is 879. The minimum atomic E-state index is -3.65. The molecule has 0 aromatic heterocycles. The second-order valence-electron chi connectivity index (χ2n) is 9.20. The first-order valence-electron chi connectivity index (χ1n) is 11.0. The minimum Gasteiger partial charge on any atom is -0.444 e. The van der Waals surface area contributed by atoms with Crippen molar-refractivity contribution in [2.45, 2.75) is 69.4 Å². The molecule has 1 N–H and O–H groups in total. The molecule has 9 heteroatoms. The van der Waals surface area contributed by atoms with E-state index in [9.17, 15) is 18.0 Å². The quantitative estimate of drug-likeness (QED) is 0.759. The van der Waals surface area contributed by atoms with Crippen LogP contribution >= 0.6 is 0 Å². The van der Waals surface area contributed by atoms with E-state index in [4.69, 9.17) is 4.74 Å². The molecule has 0 unspecified atom stereocenters. The normalized spacial score (nSPS) is 19.1. The Morgan fingerprint density at radius 3 is 2.10 bits per heavy atom. The van der Waals surface area contributed by atoms with Crippen molar-refractivity contribution >= 4 is 22.0 Å². The molecule has 0 spiro atoms. The summed E-state index contributed by atoms with van der Waals surface area (Å²) in [4.78, 5) is 26.5. The SMILES string of the molecule is CC(C)(C)OC(=O)NC1CCN(S(=O)(=O)c2ccc(C(=O)N3CCCCC3)cc2)CC1. The molecular formula is C22H33N3O5S. The molecule has 2 amide bonds. The van der Waals surface area contributed by atoms with Gasteiger partial charge in [0.1, 0.15) is 5.60 Å². The molecule has 31 heavy (non-hydrogen) atoms. The molecule has 0 aliphatic carbocycles. The predicted octanol–water partition coefficient (Wildman–Crippen LogP) is 2.99. The summed E-state index contributed by atoms with van der Waals surface area (Å²) in [5.41, 5.74) is -0.0588. The van der Waals surface area contributed by atoms with Crippen LogP contribution in [-0.2, 0) is 14.8 Å². The Kier molecular flexibility index (Phi) is 7.26. The van der Waals surface area contributed by atoms with Gasteiger partial charge in [-0.2, -0.15) is 4.31 Å². The van der Waals surface area contributed by atoms with E-state index >= 15 is 0 Å². The van der Waals surface area contributed by atoms with Gasteiger partial charge in [-0.3, -0.25) is 4.79 Å². The Hall–Kier alpha value is -2.13. The highest BCUT2D eigenvalue weighted by molar-refractivity contribution is 7.89. The molecule has 0 radical (unpaired) electrons. The first kappa shape index (κ1) is 23.5. The van der Waals surface area contributed by atoms with Gasteiger partial charge in [0.25, 0.3) is 5.91 Å². The third kappa shape index (κ3) is 6.20. The van der Waals surface area contributed by atoms with Gasteiger partial charge in [0.05, 0.1) is 4.90 Å². The summed E-state index contributed by atoms with van der Waals surface area (Å²) >= 11 is 0. The number of ether oxygens (including phenoxy) is 1. The van der Waals surface area contributed by atoms with Crippen LogP contribution in [0.1, 0.15) is 63.2 Å². The van der Waals surface area contributed by atoms with Crippen LogP contribution in [-0.4, -0.2) is 67.4 Å². The Labute approximate surface area is 185 Å². The van der Waals surface area contributed by atoms with E-state index in [1.165, 1.54) is 16.4 Å². The number of sulfonamides is 1. The zero-order valence-electron chi connectivity index (χ0n) is 18.6. The van der Waals surface area contributed by atoms with Crippen molar-refractivity contribution in [3.8, 4) is 0 Å². The lowest BCUT2D eigenvalue weighted by molar-refractivity contribution is 0.0489. The molecule has 172 valence electrons. The van der Waals surface area contributed by atoms with E-state index in [-0.39, 0.29) is 16.8 Å². The lowest BCUT2D eigenvalue weighted by Gasteiger charge is -2.32. The maximum absolute atomic E-state index is 13.0. The van der Waals surface area contributed by atoms with Crippen molar-refractivity contribution in [3.05, 3.63) is 29.8 Å². The largest absolute Gasteiger partial charge is 0.444 e. The Balaban J connectivity index is 1.57. The molecule has 8 nitrogen and oxygen atoms in total. The lowest BCUT2D eigenvalue weighted by Crippen LogP contribution is -2.47. The molecule has 2 aliphatic rings. The van der Waals surface area contributed by atoms with Crippen molar-refractivity contribution in [1.29, 1.82) is 0 Å². The number of piperidine rings is 2. The summed E-state index contributed by atoms with van der Waals surface area (Å²) < 4.78 is 32.7. The first-order chi connectivity index (χ1) is 14.6. The molecule has 2 aliphatic heterocycles. The van der Waals surface area contributed by atoms with Crippen LogP contribution in [0, 0.1) is 0 Å². The number of amides is 2. The van der Waals surface area contributed by atoms with Gasteiger partial charge >= 0.3 is 6.09 Å². The fourth-order valence-corrected chi connectivity index (χ4v) is 5.38. The number of hydrogen-bond acceptors (Lipinski definition) is 5. The molecule has 0 saturated carbocycles. The smallest absolute Gasteiger partial charge is 0.407 e. The van der Waals surface area contributed by atoms with E-state index < -0.39 is 21.7 Å². The highest BCUT2D eigenvalue weighted by Crippen LogP contribution is 2.22. The van der Waals surface area contributed by atoms with Crippen molar-refractivity contribution in [2.24, 2.45) is 0 Å². The highest BCUT2D eigenvalue weighted by Gasteiger charge is 2.31. The van der Waals surface area contributed by atoms with Gasteiger partial charge < -0.3 is 15.0 Å². The van der Waals surface area contributed by atoms with Gasteiger partial charge in [-0.15, -0.1) is 0 Å². The number of benzene rings is 1. The summed E-state index contributed by atoms with van der Waals surface area (Å²) in [6.45, 7) is 7.54. The number of nitrogens with zero attached hydrogens (tertiary/aromatic N) is 2. The third-order valence-electron chi connectivity index (χ3n) is 5.56. The fraction of sp³-hybridized carbons (Fsp3) is 0.636. The zero-order valence-corrected chi connectivity index (χ0v) is 19.4. The summed E-state index contributed by atoms with van der Waals surface area (Å²) in [5, 5.41) is 2.81. The fourth-order valence-electron chi connectivity index (χ4n) is 3.91. The summed E-state index contributed by atoms with van der Waals surface area (Å²) in [6.07, 6.45) is 3.72. The van der Waals surface area contributed by atoms with E-state index in [1.54, 1.807) is 32.9 Å². The van der Waals surface area contributed by atoms with Gasteiger partial charge in [-0.1, -0.05) is 0 Å². The molecule has 1 aromatic carbocycles. The summed E-state index contributed by atoms with van der Waals surface area (Å²) in [6, 6.07) is 6.10. The van der Waals surface area contributed by atoms with Gasteiger partial charge in [-0.25, -0.2) is 13.2 Å². The zero-order chi connectivity index (χ0) is 22.6. The molecule has 0 bridgehead atoms. The maximum Gasteiger partial charge on any atom is 0.407 e. The van der Waals surface area contributed by atoms with Crippen LogP contribution in [0.25, 0.3) is 0 Å². The van der Waals surface area contributed by atoms with Gasteiger partial charge in [-0.05, 0) is 77.1 Å². The van der Waals surface area contributed by atoms with Crippen LogP contribution in [0.4, 0.5) is 4.79 Å². The number of carbonyl (C=O) groups is 2. The van der Waals surface area contributed by atoms with Crippen molar-refractivity contribution in [1.82, 2.24) is 14.5 Å². The third-order valence-corrected chi connectivity index (χ3v) is 7.47. The van der Waals surface area contributed by atoms with Crippen LogP contribution in [0.3, 0.4) is 0 Å². The monoisotopic (exact) mass is 451 g/mol. The Morgan fingerprint density at radius 1 is 0.968 bits per heavy atom. The summed E-state index contributed by atoms with van der Waals surface area (Å²) in [7, 11) is -3.65. The predicted molar refractivity (Wildman–Crippen MR) is 117 cm³/mol. The molecule has 0 atom stereocenters. The number of rotatable bonds is 4. The second-order valence-corrected chi connectivity index (χ2v) is 11.1. The van der Waals surface area contributed by atoms with E-state index in [1.807, 2.05) is 4.90 Å². The topological polar surface area (TPSA) is 96.0 Å².